The van der Waals surface area contributed by atoms with Gasteiger partial charge >= 0.3 is 0 Å². The molecule has 0 aliphatic carbocycles. The van der Waals surface area contributed by atoms with Crippen molar-refractivity contribution in [2.45, 2.75) is 26.2 Å². The van der Waals surface area contributed by atoms with Gasteiger partial charge in [-0.1, -0.05) is 19.1 Å². The second-order valence-electron chi connectivity index (χ2n) is 4.70. The minimum absolute atomic E-state index is 0.0453. The lowest BCUT2D eigenvalue weighted by Gasteiger charge is -2.06. The number of aromatic hydroxyl groups is 1. The summed E-state index contributed by atoms with van der Waals surface area (Å²) in [5.74, 6) is 0.180. The third-order valence-corrected chi connectivity index (χ3v) is 3.22. The van der Waals surface area contributed by atoms with Crippen molar-refractivity contribution in [2.24, 2.45) is 7.05 Å². The smallest absolute Gasteiger partial charge is 0.224 e. The number of amides is 1. The predicted octanol–water partition coefficient (Wildman–Crippen LogP) is 2.26. The Bertz CT molecular complexity index is 605. The van der Waals surface area contributed by atoms with Gasteiger partial charge in [-0.3, -0.25) is 9.48 Å². The number of hydrogen-bond acceptors (Lipinski definition) is 3. The van der Waals surface area contributed by atoms with Crippen LogP contribution in [0.1, 0.15) is 24.6 Å². The Morgan fingerprint density at radius 2 is 2.25 bits per heavy atom. The Hall–Kier alpha value is -2.30. The lowest BCUT2D eigenvalue weighted by Crippen LogP contribution is -2.13. The number of carbonyl (C=O) groups excluding carboxylic acids is 1. The molecule has 20 heavy (non-hydrogen) atoms. The number of aryl methyl sites for hydroxylation is 2. The van der Waals surface area contributed by atoms with E-state index in [-0.39, 0.29) is 11.7 Å². The van der Waals surface area contributed by atoms with E-state index in [9.17, 15) is 9.90 Å². The highest BCUT2D eigenvalue weighted by molar-refractivity contribution is 5.91. The largest absolute Gasteiger partial charge is 0.508 e. The van der Waals surface area contributed by atoms with Crippen molar-refractivity contribution < 1.29 is 9.90 Å². The molecular formula is C15H19N3O2. The van der Waals surface area contributed by atoms with E-state index >= 15 is 0 Å². The maximum absolute atomic E-state index is 11.9. The van der Waals surface area contributed by atoms with Gasteiger partial charge in [0.05, 0.1) is 17.6 Å². The van der Waals surface area contributed by atoms with E-state index in [1.807, 2.05) is 20.0 Å². The fourth-order valence-electron chi connectivity index (χ4n) is 2.17. The monoisotopic (exact) mass is 273 g/mol. The summed E-state index contributed by atoms with van der Waals surface area (Å²) >= 11 is 0. The number of benzene rings is 1. The van der Waals surface area contributed by atoms with Crippen molar-refractivity contribution in [3.8, 4) is 5.75 Å². The Morgan fingerprint density at radius 1 is 1.45 bits per heavy atom. The number of nitrogens with one attached hydrogen (secondary N) is 1. The lowest BCUT2D eigenvalue weighted by molar-refractivity contribution is -0.116. The summed E-state index contributed by atoms with van der Waals surface area (Å²) in [6, 6.07) is 6.97. The Balaban J connectivity index is 1.92. The van der Waals surface area contributed by atoms with Crippen molar-refractivity contribution in [3.05, 3.63) is 41.7 Å². The van der Waals surface area contributed by atoms with Crippen LogP contribution in [0.5, 0.6) is 5.75 Å². The fourth-order valence-corrected chi connectivity index (χ4v) is 2.17. The van der Waals surface area contributed by atoms with Gasteiger partial charge in [0.15, 0.2) is 0 Å². The van der Waals surface area contributed by atoms with Gasteiger partial charge in [-0.05, 0) is 30.5 Å². The molecule has 106 valence electrons. The fraction of sp³-hybridized carbons (Fsp3) is 0.333. The summed E-state index contributed by atoms with van der Waals surface area (Å²) in [5.41, 5.74) is 2.73. The molecule has 0 aliphatic heterocycles. The molecule has 0 saturated heterocycles. The molecule has 0 radical (unpaired) electrons. The lowest BCUT2D eigenvalue weighted by atomic mass is 10.1. The topological polar surface area (TPSA) is 67.2 Å². The first-order chi connectivity index (χ1) is 9.60. The Kier molecular flexibility index (Phi) is 4.40. The number of rotatable bonds is 5. The maximum Gasteiger partial charge on any atom is 0.224 e. The maximum atomic E-state index is 11.9. The van der Waals surface area contributed by atoms with Gasteiger partial charge in [-0.25, -0.2) is 0 Å². The Morgan fingerprint density at radius 3 is 2.95 bits per heavy atom. The highest BCUT2D eigenvalue weighted by atomic mass is 16.3. The van der Waals surface area contributed by atoms with Crippen LogP contribution in [0.25, 0.3) is 0 Å². The van der Waals surface area contributed by atoms with E-state index in [0.29, 0.717) is 12.8 Å². The van der Waals surface area contributed by atoms with Crippen molar-refractivity contribution in [2.75, 3.05) is 5.32 Å². The van der Waals surface area contributed by atoms with Gasteiger partial charge in [0, 0.05) is 13.5 Å². The molecule has 1 aromatic heterocycles. The average molecular weight is 273 g/mol. The van der Waals surface area contributed by atoms with Gasteiger partial charge in [-0.2, -0.15) is 5.10 Å². The molecule has 0 atom stereocenters. The predicted molar refractivity (Wildman–Crippen MR) is 77.6 cm³/mol. The van der Waals surface area contributed by atoms with E-state index in [1.165, 1.54) is 0 Å². The SMILES string of the molecule is CCc1c(NC(=O)CCc2cccc(O)c2)cnn1C. The van der Waals surface area contributed by atoms with Crippen LogP contribution in [-0.2, 0) is 24.7 Å². The zero-order valence-corrected chi connectivity index (χ0v) is 11.8. The molecule has 2 rings (SSSR count). The molecule has 1 amide bonds. The second kappa shape index (κ2) is 6.23. The zero-order valence-electron chi connectivity index (χ0n) is 11.8. The van der Waals surface area contributed by atoms with Crippen LogP contribution >= 0.6 is 0 Å². The average Bonchev–Trinajstić information content (AvgIpc) is 2.77. The van der Waals surface area contributed by atoms with Gasteiger partial charge < -0.3 is 10.4 Å². The van der Waals surface area contributed by atoms with Crippen LogP contribution in [0.3, 0.4) is 0 Å². The zero-order chi connectivity index (χ0) is 14.5. The van der Waals surface area contributed by atoms with Crippen LogP contribution in [0.4, 0.5) is 5.69 Å². The highest BCUT2D eigenvalue weighted by Gasteiger charge is 2.10. The molecule has 0 spiro atoms. The number of phenols is 1. The van der Waals surface area contributed by atoms with Crippen molar-refractivity contribution in [3.63, 3.8) is 0 Å². The van der Waals surface area contributed by atoms with Crippen LogP contribution in [0, 0.1) is 0 Å². The van der Waals surface area contributed by atoms with E-state index in [1.54, 1.807) is 29.1 Å². The van der Waals surface area contributed by atoms with Crippen LogP contribution < -0.4 is 5.32 Å². The number of phenolic OH excluding ortho intramolecular Hbond substituents is 1. The van der Waals surface area contributed by atoms with E-state index in [4.69, 9.17) is 0 Å². The van der Waals surface area contributed by atoms with Gasteiger partial charge in [-0.15, -0.1) is 0 Å². The summed E-state index contributed by atoms with van der Waals surface area (Å²) in [7, 11) is 1.86. The van der Waals surface area contributed by atoms with E-state index in [0.717, 1.165) is 23.4 Å². The van der Waals surface area contributed by atoms with Crippen LogP contribution in [0.2, 0.25) is 0 Å². The summed E-state index contributed by atoms with van der Waals surface area (Å²) in [5, 5.41) is 16.4. The minimum atomic E-state index is -0.0453. The molecule has 2 N–H and O–H groups in total. The number of nitrogens with zero attached hydrogens (tertiary/aromatic N) is 2. The summed E-state index contributed by atoms with van der Waals surface area (Å²) < 4.78 is 1.77. The standard InChI is InChI=1S/C15H19N3O2/c1-3-14-13(10-16-18(14)2)17-15(20)8-7-11-5-4-6-12(19)9-11/h4-6,9-10,19H,3,7-8H2,1-2H3,(H,17,20). The van der Waals surface area contributed by atoms with E-state index < -0.39 is 0 Å². The van der Waals surface area contributed by atoms with Crippen LogP contribution in [-0.4, -0.2) is 20.8 Å². The van der Waals surface area contributed by atoms with Crippen LogP contribution in [0.15, 0.2) is 30.5 Å². The molecule has 2 aromatic rings. The molecule has 0 unspecified atom stereocenters. The number of anilines is 1. The normalized spacial score (nSPS) is 10.5. The molecule has 5 heteroatoms. The molecule has 1 aromatic carbocycles. The number of carbonyl (C=O) groups is 1. The summed E-state index contributed by atoms with van der Waals surface area (Å²) in [6.07, 6.45) is 3.47. The molecule has 0 fully saturated rings. The molecule has 0 aliphatic rings. The molecular weight excluding hydrogens is 254 g/mol. The van der Waals surface area contributed by atoms with Gasteiger partial charge in [0.2, 0.25) is 5.91 Å². The summed E-state index contributed by atoms with van der Waals surface area (Å²) in [6.45, 7) is 2.03. The third-order valence-electron chi connectivity index (χ3n) is 3.22. The van der Waals surface area contributed by atoms with Gasteiger partial charge in [0.25, 0.3) is 0 Å². The van der Waals surface area contributed by atoms with Crippen molar-refractivity contribution in [1.29, 1.82) is 0 Å². The summed E-state index contributed by atoms with van der Waals surface area (Å²) in [4.78, 5) is 11.9. The van der Waals surface area contributed by atoms with Gasteiger partial charge in [0.1, 0.15) is 5.75 Å². The molecule has 0 bridgehead atoms. The third kappa shape index (κ3) is 3.38. The van der Waals surface area contributed by atoms with E-state index in [2.05, 4.69) is 10.4 Å². The first-order valence-electron chi connectivity index (χ1n) is 6.68. The molecule has 0 saturated carbocycles. The minimum Gasteiger partial charge on any atom is -0.508 e. The number of aromatic nitrogens is 2. The van der Waals surface area contributed by atoms with Crippen molar-refractivity contribution >= 4 is 11.6 Å². The Labute approximate surface area is 118 Å². The first kappa shape index (κ1) is 14.1. The number of hydrogen-bond donors (Lipinski definition) is 2. The molecule has 1 heterocycles. The quantitative estimate of drug-likeness (QED) is 0.878. The van der Waals surface area contributed by atoms with Crippen molar-refractivity contribution in [1.82, 2.24) is 9.78 Å². The second-order valence-corrected chi connectivity index (χ2v) is 4.70. The molecule has 5 nitrogen and oxygen atoms in total. The highest BCUT2D eigenvalue weighted by Crippen LogP contribution is 2.16. The first-order valence-corrected chi connectivity index (χ1v) is 6.68.